The van der Waals surface area contributed by atoms with Crippen LogP contribution >= 0.6 is 0 Å². The third-order valence-corrected chi connectivity index (χ3v) is 2.13. The molecule has 0 unspecified atom stereocenters. The lowest BCUT2D eigenvalue weighted by molar-refractivity contribution is -0.325. The maximum Gasteiger partial charge on any atom is 0.522 e. The van der Waals surface area contributed by atoms with E-state index < -0.39 is 13.0 Å². The van der Waals surface area contributed by atoms with Gasteiger partial charge in [-0.2, -0.15) is 0 Å². The van der Waals surface area contributed by atoms with Crippen LogP contribution in [0.1, 0.15) is 12.5 Å². The van der Waals surface area contributed by atoms with Crippen LogP contribution < -0.4 is 9.47 Å². The molecular formula is C12H15F3O4. The summed E-state index contributed by atoms with van der Waals surface area (Å²) in [6, 6.07) is 4.88. The van der Waals surface area contributed by atoms with E-state index in [1.807, 2.05) is 0 Å². The number of rotatable bonds is 7. The number of aliphatic hydroxyl groups excluding tert-OH is 1. The van der Waals surface area contributed by atoms with Gasteiger partial charge in [-0.1, -0.05) is 12.1 Å². The number of benzene rings is 1. The van der Waals surface area contributed by atoms with Crippen molar-refractivity contribution >= 4 is 0 Å². The summed E-state index contributed by atoms with van der Waals surface area (Å²) in [6.45, 7) is 0.925. The first-order chi connectivity index (χ1) is 8.98. The monoisotopic (exact) mass is 280 g/mol. The highest BCUT2D eigenvalue weighted by Gasteiger charge is 2.28. The summed E-state index contributed by atoms with van der Waals surface area (Å²) in [5.74, 6) is 0.610. The summed E-state index contributed by atoms with van der Waals surface area (Å²) < 4.78 is 49.4. The first-order valence-electron chi connectivity index (χ1n) is 5.67. The van der Waals surface area contributed by atoms with Gasteiger partial charge in [-0.15, -0.1) is 13.2 Å². The number of halogens is 3. The maximum atomic E-state index is 11.8. The lowest BCUT2D eigenvalue weighted by Gasteiger charge is -2.15. The van der Waals surface area contributed by atoms with Gasteiger partial charge in [0.1, 0.15) is 6.61 Å². The third-order valence-electron chi connectivity index (χ3n) is 2.13. The second-order valence-corrected chi connectivity index (χ2v) is 3.48. The van der Waals surface area contributed by atoms with E-state index in [9.17, 15) is 13.2 Å². The molecule has 0 heterocycles. The molecule has 0 fully saturated rings. The zero-order chi connectivity index (χ0) is 14.3. The smallest absolute Gasteiger partial charge is 0.490 e. The standard InChI is InChI=1S/C12H15F3O4/c1-2-17-10-5-3-4-9(8-16)11(10)18-6-7-19-12(13,14)15/h3-5,16H,2,6-8H2,1H3. The van der Waals surface area contributed by atoms with E-state index in [1.54, 1.807) is 25.1 Å². The Bertz CT molecular complexity index is 393. The van der Waals surface area contributed by atoms with Crippen LogP contribution in [0, 0.1) is 0 Å². The number of para-hydroxylation sites is 1. The van der Waals surface area contributed by atoms with Gasteiger partial charge in [0.25, 0.3) is 0 Å². The van der Waals surface area contributed by atoms with E-state index in [-0.39, 0.29) is 19.0 Å². The molecule has 0 radical (unpaired) electrons. The molecule has 0 amide bonds. The lowest BCUT2D eigenvalue weighted by atomic mass is 10.2. The van der Waals surface area contributed by atoms with E-state index in [2.05, 4.69) is 4.74 Å². The Morgan fingerprint density at radius 2 is 1.89 bits per heavy atom. The van der Waals surface area contributed by atoms with Gasteiger partial charge in [0.15, 0.2) is 11.5 Å². The van der Waals surface area contributed by atoms with Gasteiger partial charge in [0.2, 0.25) is 0 Å². The van der Waals surface area contributed by atoms with Crippen LogP contribution in [0.3, 0.4) is 0 Å². The Morgan fingerprint density at radius 3 is 2.47 bits per heavy atom. The molecule has 1 aromatic rings. The second-order valence-electron chi connectivity index (χ2n) is 3.48. The van der Waals surface area contributed by atoms with Crippen molar-refractivity contribution in [1.29, 1.82) is 0 Å². The van der Waals surface area contributed by atoms with E-state index in [1.165, 1.54) is 0 Å². The first kappa shape index (κ1) is 15.6. The molecule has 0 saturated heterocycles. The van der Waals surface area contributed by atoms with Crippen LogP contribution in [0.5, 0.6) is 11.5 Å². The molecule has 0 aliphatic carbocycles. The molecule has 7 heteroatoms. The summed E-state index contributed by atoms with van der Waals surface area (Å²) in [5.41, 5.74) is 0.443. The van der Waals surface area contributed by atoms with Crippen molar-refractivity contribution < 1.29 is 32.5 Å². The fourth-order valence-corrected chi connectivity index (χ4v) is 1.42. The van der Waals surface area contributed by atoms with Crippen LogP contribution in [-0.4, -0.2) is 31.3 Å². The summed E-state index contributed by atoms with van der Waals surface area (Å²) >= 11 is 0. The Balaban J connectivity index is 2.64. The predicted octanol–water partition coefficient (Wildman–Crippen LogP) is 2.49. The predicted molar refractivity (Wildman–Crippen MR) is 61.0 cm³/mol. The highest BCUT2D eigenvalue weighted by atomic mass is 19.4. The molecule has 1 N–H and O–H groups in total. The molecule has 19 heavy (non-hydrogen) atoms. The van der Waals surface area contributed by atoms with Crippen LogP contribution in [0.15, 0.2) is 18.2 Å². The van der Waals surface area contributed by atoms with Gasteiger partial charge in [0.05, 0.1) is 19.8 Å². The average Bonchev–Trinajstić information content (AvgIpc) is 2.35. The van der Waals surface area contributed by atoms with Gasteiger partial charge in [-0.25, -0.2) is 0 Å². The number of hydrogen-bond acceptors (Lipinski definition) is 4. The zero-order valence-electron chi connectivity index (χ0n) is 10.4. The average molecular weight is 280 g/mol. The molecule has 0 aromatic heterocycles. The minimum absolute atomic E-state index is 0.234. The molecule has 4 nitrogen and oxygen atoms in total. The van der Waals surface area contributed by atoms with Crippen molar-refractivity contribution in [3.63, 3.8) is 0 Å². The van der Waals surface area contributed by atoms with Crippen molar-refractivity contribution in [1.82, 2.24) is 0 Å². The van der Waals surface area contributed by atoms with Crippen LogP contribution in [0.4, 0.5) is 13.2 Å². The third kappa shape index (κ3) is 5.35. The zero-order valence-corrected chi connectivity index (χ0v) is 10.4. The Hall–Kier alpha value is -1.47. The van der Waals surface area contributed by atoms with Crippen molar-refractivity contribution in [2.75, 3.05) is 19.8 Å². The van der Waals surface area contributed by atoms with Gasteiger partial charge < -0.3 is 14.6 Å². The molecule has 0 aliphatic heterocycles. The van der Waals surface area contributed by atoms with Gasteiger partial charge in [-0.05, 0) is 13.0 Å². The highest BCUT2D eigenvalue weighted by Crippen LogP contribution is 2.31. The summed E-state index contributed by atoms with van der Waals surface area (Å²) in [7, 11) is 0. The molecule has 1 aromatic carbocycles. The fraction of sp³-hybridized carbons (Fsp3) is 0.500. The van der Waals surface area contributed by atoms with Crippen molar-refractivity contribution in [3.8, 4) is 11.5 Å². The number of ether oxygens (including phenoxy) is 3. The second kappa shape index (κ2) is 7.20. The minimum Gasteiger partial charge on any atom is -0.490 e. The number of hydrogen-bond donors (Lipinski definition) is 1. The largest absolute Gasteiger partial charge is 0.522 e. The molecular weight excluding hydrogens is 265 g/mol. The SMILES string of the molecule is CCOc1cccc(CO)c1OCCOC(F)(F)F. The Kier molecular flexibility index (Phi) is 5.91. The lowest BCUT2D eigenvalue weighted by Crippen LogP contribution is -2.18. The van der Waals surface area contributed by atoms with E-state index in [4.69, 9.17) is 14.6 Å². The van der Waals surface area contributed by atoms with Crippen LogP contribution in [0.2, 0.25) is 0 Å². The van der Waals surface area contributed by atoms with E-state index in [0.29, 0.717) is 17.9 Å². The first-order valence-corrected chi connectivity index (χ1v) is 5.67. The quantitative estimate of drug-likeness (QED) is 0.780. The molecule has 1 rings (SSSR count). The van der Waals surface area contributed by atoms with Gasteiger partial charge in [-0.3, -0.25) is 4.74 Å². The molecule has 0 atom stereocenters. The molecule has 0 bridgehead atoms. The van der Waals surface area contributed by atoms with E-state index >= 15 is 0 Å². The molecule has 0 saturated carbocycles. The molecule has 0 aliphatic rings. The fourth-order valence-electron chi connectivity index (χ4n) is 1.42. The van der Waals surface area contributed by atoms with E-state index in [0.717, 1.165) is 0 Å². The number of aliphatic hydroxyl groups is 1. The highest BCUT2D eigenvalue weighted by molar-refractivity contribution is 5.46. The van der Waals surface area contributed by atoms with Crippen molar-refractivity contribution in [2.45, 2.75) is 19.9 Å². The Morgan fingerprint density at radius 1 is 1.16 bits per heavy atom. The molecule has 108 valence electrons. The topological polar surface area (TPSA) is 47.9 Å². The Labute approximate surface area is 108 Å². The summed E-state index contributed by atoms with van der Waals surface area (Å²) in [6.07, 6.45) is -4.68. The van der Waals surface area contributed by atoms with Crippen LogP contribution in [0.25, 0.3) is 0 Å². The van der Waals surface area contributed by atoms with Crippen molar-refractivity contribution in [2.24, 2.45) is 0 Å². The summed E-state index contributed by atoms with van der Waals surface area (Å²) in [4.78, 5) is 0. The maximum absolute atomic E-state index is 11.8. The number of alkyl halides is 3. The van der Waals surface area contributed by atoms with Crippen molar-refractivity contribution in [3.05, 3.63) is 23.8 Å². The normalized spacial score (nSPS) is 11.4. The van der Waals surface area contributed by atoms with Gasteiger partial charge >= 0.3 is 6.36 Å². The van der Waals surface area contributed by atoms with Crippen LogP contribution in [-0.2, 0) is 11.3 Å². The minimum atomic E-state index is -4.68. The summed E-state index contributed by atoms with van der Waals surface area (Å²) in [5, 5.41) is 9.15. The molecule has 0 spiro atoms. The van der Waals surface area contributed by atoms with Gasteiger partial charge in [0, 0.05) is 5.56 Å².